The maximum absolute atomic E-state index is 14.6. The van der Waals surface area contributed by atoms with Crippen LogP contribution in [0.4, 0.5) is 5.69 Å². The minimum Gasteiger partial charge on any atom is -0.497 e. The molecule has 5 aliphatic rings. The van der Waals surface area contributed by atoms with Gasteiger partial charge in [-0.1, -0.05) is 54.6 Å². The smallest absolute Gasteiger partial charge is 0.237 e. The van der Waals surface area contributed by atoms with E-state index in [1.54, 1.807) is 48.4 Å². The Labute approximate surface area is 237 Å². The number of ether oxygens (including phenoxy) is 2. The molecule has 3 aromatic rings. The summed E-state index contributed by atoms with van der Waals surface area (Å²) >= 11 is 0. The number of aliphatic hydroxyl groups is 1. The monoisotopic (exact) mass is 547 g/mol. The van der Waals surface area contributed by atoms with E-state index < -0.39 is 34.8 Å². The summed E-state index contributed by atoms with van der Waals surface area (Å²) in [5, 5.41) is 23.9. The summed E-state index contributed by atoms with van der Waals surface area (Å²) in [4.78, 5) is 32.3. The first-order valence-electron chi connectivity index (χ1n) is 14.2. The van der Waals surface area contributed by atoms with Crippen molar-refractivity contribution in [3.05, 3.63) is 95.6 Å². The van der Waals surface area contributed by atoms with Gasteiger partial charge in [-0.05, 0) is 55.6 Å². The van der Waals surface area contributed by atoms with Crippen LogP contribution in [0.3, 0.4) is 0 Å². The van der Waals surface area contributed by atoms with Gasteiger partial charge in [0.05, 0.1) is 25.1 Å². The number of amides is 1. The van der Waals surface area contributed by atoms with Crippen molar-refractivity contribution in [3.8, 4) is 11.8 Å². The highest BCUT2D eigenvalue weighted by molar-refractivity contribution is 6.11. The second-order valence-electron chi connectivity index (χ2n) is 11.8. The Kier molecular flexibility index (Phi) is 4.99. The molecule has 8 heteroatoms. The number of nitrogens with zero attached hydrogens (tertiary/aromatic N) is 3. The molecule has 1 N–H and O–H groups in total. The van der Waals surface area contributed by atoms with Crippen molar-refractivity contribution in [2.45, 2.75) is 54.7 Å². The third kappa shape index (κ3) is 2.70. The molecule has 41 heavy (non-hydrogen) atoms. The van der Waals surface area contributed by atoms with Gasteiger partial charge >= 0.3 is 0 Å². The molecule has 0 radical (unpaired) electrons. The van der Waals surface area contributed by atoms with E-state index in [0.717, 1.165) is 18.4 Å². The summed E-state index contributed by atoms with van der Waals surface area (Å²) in [5.74, 6) is -2.35. The number of rotatable bonds is 4. The highest BCUT2D eigenvalue weighted by Crippen LogP contribution is 2.72. The van der Waals surface area contributed by atoms with Crippen LogP contribution < -0.4 is 9.64 Å². The van der Waals surface area contributed by atoms with Gasteiger partial charge in [0.1, 0.15) is 17.3 Å². The molecular formula is C33H29N3O5. The number of fused-ring (bicyclic) bond motifs is 3. The van der Waals surface area contributed by atoms with E-state index in [1.165, 1.54) is 0 Å². The molecule has 0 aromatic heterocycles. The number of carbonyl (C=O) groups is 2. The molecule has 7 atom stereocenters. The van der Waals surface area contributed by atoms with Gasteiger partial charge < -0.3 is 19.5 Å². The molecular weight excluding hydrogens is 518 g/mol. The predicted octanol–water partition coefficient (Wildman–Crippen LogP) is 3.75. The van der Waals surface area contributed by atoms with Crippen LogP contribution in [0, 0.1) is 16.7 Å². The van der Waals surface area contributed by atoms with Gasteiger partial charge in [-0.25, -0.2) is 0 Å². The third-order valence-corrected chi connectivity index (χ3v) is 10.3. The fourth-order valence-corrected chi connectivity index (χ4v) is 8.78. The van der Waals surface area contributed by atoms with Gasteiger partial charge in [0.15, 0.2) is 11.3 Å². The fourth-order valence-electron chi connectivity index (χ4n) is 8.78. The molecule has 4 fully saturated rings. The molecule has 8 nitrogen and oxygen atoms in total. The molecule has 4 aliphatic heterocycles. The fraction of sp³-hybridized carbons (Fsp3) is 0.364. The number of anilines is 1. The lowest BCUT2D eigenvalue weighted by Crippen LogP contribution is -2.69. The molecule has 0 unspecified atom stereocenters. The van der Waals surface area contributed by atoms with Crippen LogP contribution in [-0.4, -0.2) is 59.1 Å². The molecule has 3 aromatic carbocycles. The zero-order chi connectivity index (χ0) is 28.1. The summed E-state index contributed by atoms with van der Waals surface area (Å²) in [5.41, 5.74) is -0.711. The maximum atomic E-state index is 14.6. The van der Waals surface area contributed by atoms with Crippen LogP contribution in [0.2, 0.25) is 0 Å². The second-order valence-corrected chi connectivity index (χ2v) is 11.8. The average Bonchev–Trinajstić information content (AvgIpc) is 3.68. The van der Waals surface area contributed by atoms with Gasteiger partial charge in [-0.3, -0.25) is 14.5 Å². The van der Waals surface area contributed by atoms with E-state index in [2.05, 4.69) is 11.0 Å². The van der Waals surface area contributed by atoms with E-state index in [1.807, 2.05) is 42.5 Å². The molecule has 8 rings (SSSR count). The van der Waals surface area contributed by atoms with Crippen LogP contribution in [0.5, 0.6) is 5.75 Å². The Morgan fingerprint density at radius 1 is 1.02 bits per heavy atom. The van der Waals surface area contributed by atoms with Crippen molar-refractivity contribution >= 4 is 17.4 Å². The molecule has 0 saturated carbocycles. The first-order chi connectivity index (χ1) is 19.9. The number of hydrogen-bond donors (Lipinski definition) is 1. The van der Waals surface area contributed by atoms with Gasteiger partial charge in [0.25, 0.3) is 0 Å². The van der Waals surface area contributed by atoms with Crippen LogP contribution in [0.25, 0.3) is 0 Å². The largest absolute Gasteiger partial charge is 0.497 e. The summed E-state index contributed by atoms with van der Waals surface area (Å²) in [7, 11) is 1.58. The molecule has 1 amide bonds. The van der Waals surface area contributed by atoms with Crippen LogP contribution in [0.15, 0.2) is 78.9 Å². The summed E-state index contributed by atoms with van der Waals surface area (Å²) in [6, 6.07) is 25.7. The highest BCUT2D eigenvalue weighted by Gasteiger charge is 2.88. The zero-order valence-electron chi connectivity index (χ0n) is 22.6. The van der Waals surface area contributed by atoms with Crippen LogP contribution in [0.1, 0.15) is 46.7 Å². The minimum absolute atomic E-state index is 0.0359. The van der Waals surface area contributed by atoms with Crippen LogP contribution >= 0.6 is 0 Å². The molecule has 206 valence electrons. The molecule has 0 bridgehead atoms. The van der Waals surface area contributed by atoms with Crippen LogP contribution in [-0.2, 0) is 15.3 Å². The molecule has 1 spiro atoms. The van der Waals surface area contributed by atoms with E-state index in [9.17, 15) is 20.0 Å². The lowest BCUT2D eigenvalue weighted by atomic mass is 9.60. The van der Waals surface area contributed by atoms with Crippen molar-refractivity contribution in [1.29, 1.82) is 5.26 Å². The number of β-lactam (4-membered cyclic amide) rings is 1. The average molecular weight is 548 g/mol. The summed E-state index contributed by atoms with van der Waals surface area (Å²) in [6.07, 6.45) is 1.18. The van der Waals surface area contributed by atoms with Gasteiger partial charge in [-0.15, -0.1) is 0 Å². The quantitative estimate of drug-likeness (QED) is 0.497. The number of Topliss-reactive ketones (excluding diaryl/α,β-unsaturated/α-hetero) is 1. The van der Waals surface area contributed by atoms with E-state index in [4.69, 9.17) is 9.47 Å². The van der Waals surface area contributed by atoms with E-state index in [-0.39, 0.29) is 17.7 Å². The van der Waals surface area contributed by atoms with Crippen molar-refractivity contribution < 1.29 is 24.2 Å². The molecule has 1 aliphatic carbocycles. The molecule has 4 saturated heterocycles. The first-order valence-corrected chi connectivity index (χ1v) is 14.2. The zero-order valence-corrected chi connectivity index (χ0v) is 22.6. The van der Waals surface area contributed by atoms with Gasteiger partial charge in [0.2, 0.25) is 11.7 Å². The lowest BCUT2D eigenvalue weighted by Gasteiger charge is -2.52. The number of hydrogen-bond acceptors (Lipinski definition) is 7. The first kappa shape index (κ1) is 24.7. The van der Waals surface area contributed by atoms with Crippen molar-refractivity contribution in [1.82, 2.24) is 4.90 Å². The minimum atomic E-state index is -2.02. The summed E-state index contributed by atoms with van der Waals surface area (Å²) in [6.45, 7) is 0.597. The Balaban J connectivity index is 1.35. The Morgan fingerprint density at radius 2 is 1.76 bits per heavy atom. The van der Waals surface area contributed by atoms with Crippen molar-refractivity contribution in [2.75, 3.05) is 18.6 Å². The Hall–Kier alpha value is -4.03. The topological polar surface area (TPSA) is 103 Å². The normalized spacial score (nSPS) is 36.8. The standard InChI is InChI=1S/C33H29N3O5/c1-40-23-15-13-21(14-16-23)36-27(26(30(36)38)20-8-3-2-4-9-20)29-31(19-34)18-22-10-7-17-35(22)32(31)28(37)24-11-5-6-12-25(24)33(32,39)41-29/h2-6,8-9,11-16,22,26-27,29,39H,7,10,17-18H2,1H3/t22-,26-,27+,29-,31-,32+,33-/m1/s1. The number of nitriles is 1. The van der Waals surface area contributed by atoms with E-state index in [0.29, 0.717) is 35.5 Å². The number of carbonyl (C=O) groups excluding carboxylic acids is 2. The van der Waals surface area contributed by atoms with Gasteiger partial charge in [0, 0.05) is 22.9 Å². The maximum Gasteiger partial charge on any atom is 0.237 e. The predicted molar refractivity (Wildman–Crippen MR) is 148 cm³/mol. The number of methoxy groups -OCH3 is 1. The third-order valence-electron chi connectivity index (χ3n) is 10.3. The Bertz CT molecular complexity index is 1640. The second kappa shape index (κ2) is 8.26. The lowest BCUT2D eigenvalue weighted by molar-refractivity contribution is -0.241. The molecule has 4 heterocycles. The highest BCUT2D eigenvalue weighted by atomic mass is 16.6. The Morgan fingerprint density at radius 3 is 2.49 bits per heavy atom. The van der Waals surface area contributed by atoms with E-state index >= 15 is 0 Å². The SMILES string of the molecule is COc1ccc(N2C(=O)[C@H](c3ccccc3)[C@H]2[C@H]2O[C@]3(O)c4ccccc4C(=O)[C@@]34N3CCC[C@@H]3C[C@@]24C#N)cc1. The summed E-state index contributed by atoms with van der Waals surface area (Å²) < 4.78 is 12.1. The number of benzene rings is 3. The van der Waals surface area contributed by atoms with Gasteiger partial charge in [-0.2, -0.15) is 5.26 Å². The number of ketones is 1. The van der Waals surface area contributed by atoms with Crippen molar-refractivity contribution in [2.24, 2.45) is 5.41 Å². The van der Waals surface area contributed by atoms with Crippen molar-refractivity contribution in [3.63, 3.8) is 0 Å².